The Morgan fingerprint density at radius 2 is 1.14 bits per heavy atom. The van der Waals surface area contributed by atoms with Gasteiger partial charge in [0.2, 0.25) is 18.1 Å². The molecule has 14 heteroatoms. The van der Waals surface area contributed by atoms with Crippen LogP contribution in [0.2, 0.25) is 0 Å². The van der Waals surface area contributed by atoms with Crippen LogP contribution in [0.5, 0.6) is 17.2 Å². The van der Waals surface area contributed by atoms with Crippen LogP contribution in [0.4, 0.5) is 0 Å². The van der Waals surface area contributed by atoms with Crippen molar-refractivity contribution in [2.24, 2.45) is 0 Å². The third kappa shape index (κ3) is 10.2. The van der Waals surface area contributed by atoms with Gasteiger partial charge in [0.05, 0.1) is 0 Å². The largest absolute Gasteiger partial charge is 0.484 e. The van der Waals surface area contributed by atoms with E-state index in [0.29, 0.717) is 5.56 Å². The Labute approximate surface area is 327 Å². The van der Waals surface area contributed by atoms with Crippen molar-refractivity contribution in [3.05, 3.63) is 124 Å². The summed E-state index contributed by atoms with van der Waals surface area (Å²) in [6, 6.07) is 30.2. The summed E-state index contributed by atoms with van der Waals surface area (Å²) in [6.07, 6.45) is -7.45. The van der Waals surface area contributed by atoms with Crippen molar-refractivity contribution >= 4 is 34.8 Å². The molecule has 1 fully saturated rings. The number of ether oxygens (including phenoxy) is 8. The highest BCUT2D eigenvalue weighted by Gasteiger charge is 2.53. The van der Waals surface area contributed by atoms with Gasteiger partial charge in [0, 0.05) is 45.4 Å². The first-order valence-electron chi connectivity index (χ1n) is 18.0. The van der Waals surface area contributed by atoms with Gasteiger partial charge in [0.1, 0.15) is 42.7 Å². The minimum atomic E-state index is -1.65. The Hall–Kier alpha value is -6.67. The normalized spacial score (nSPS) is 18.8. The van der Waals surface area contributed by atoms with Crippen molar-refractivity contribution in [2.75, 3.05) is 6.61 Å². The molecule has 0 radical (unpaired) electrons. The average molecular weight is 781 g/mol. The molecule has 0 bridgehead atoms. The number of rotatable bonds is 14. The van der Waals surface area contributed by atoms with E-state index in [9.17, 15) is 24.0 Å². The van der Waals surface area contributed by atoms with E-state index in [-0.39, 0.29) is 47.2 Å². The van der Waals surface area contributed by atoms with Gasteiger partial charge in [-0.3, -0.25) is 24.0 Å². The standard InChI is InChI=1S/C43H40O14/c1-25(44)49-24-36-39(52-26(2)45)41(53-27(3)46)42(54-28(4)47)43(57-36)56-35-21-34-37(32(48)20-33(55-34)31-18-12-7-13-19-31)40(51-23-30-16-10-6-11-17-30)38(35)50-22-29-14-8-5-9-15-29/h5-21,36,39,41-43H,22-24H2,1-4H3/t36-,39+,41+,42-,43-/m1/s1. The Morgan fingerprint density at radius 3 is 1.70 bits per heavy atom. The second-order valence-electron chi connectivity index (χ2n) is 13.0. The summed E-state index contributed by atoms with van der Waals surface area (Å²) in [5, 5.41) is 0.0440. The lowest BCUT2D eigenvalue weighted by Crippen LogP contribution is -2.63. The molecule has 1 aliphatic heterocycles. The van der Waals surface area contributed by atoms with Crippen molar-refractivity contribution in [3.8, 4) is 28.6 Å². The molecule has 5 aromatic rings. The number of hydrogen-bond acceptors (Lipinski definition) is 14. The zero-order valence-electron chi connectivity index (χ0n) is 31.5. The molecule has 5 atom stereocenters. The number of carbonyl (C=O) groups excluding carboxylic acids is 4. The Bertz CT molecular complexity index is 2250. The maximum atomic E-state index is 14.1. The molecule has 1 aromatic heterocycles. The molecule has 57 heavy (non-hydrogen) atoms. The molecule has 0 amide bonds. The maximum absolute atomic E-state index is 14.1. The van der Waals surface area contributed by atoms with Gasteiger partial charge in [-0.15, -0.1) is 0 Å². The summed E-state index contributed by atoms with van der Waals surface area (Å²) in [7, 11) is 0. The van der Waals surface area contributed by atoms with Gasteiger partial charge in [-0.05, 0) is 11.1 Å². The number of hydrogen-bond donors (Lipinski definition) is 0. The van der Waals surface area contributed by atoms with Crippen LogP contribution in [-0.2, 0) is 56.1 Å². The summed E-state index contributed by atoms with van der Waals surface area (Å²) in [5.74, 6) is -3.03. The van der Waals surface area contributed by atoms with Crippen LogP contribution < -0.4 is 19.6 Å². The molecule has 296 valence electrons. The van der Waals surface area contributed by atoms with E-state index in [1.54, 1.807) is 24.3 Å². The molecular formula is C43H40O14. The molecule has 0 aliphatic carbocycles. The molecule has 2 heterocycles. The van der Waals surface area contributed by atoms with E-state index in [0.717, 1.165) is 31.9 Å². The van der Waals surface area contributed by atoms with Crippen LogP contribution in [-0.4, -0.2) is 61.2 Å². The molecule has 0 spiro atoms. The van der Waals surface area contributed by atoms with E-state index >= 15 is 0 Å². The van der Waals surface area contributed by atoms with Crippen molar-refractivity contribution in [1.29, 1.82) is 0 Å². The van der Waals surface area contributed by atoms with Gasteiger partial charge < -0.3 is 42.3 Å². The Balaban J connectivity index is 1.55. The van der Waals surface area contributed by atoms with Gasteiger partial charge in [0.25, 0.3) is 0 Å². The minimum Gasteiger partial charge on any atom is -0.484 e. The summed E-state index contributed by atoms with van der Waals surface area (Å²) < 4.78 is 54.0. The zero-order chi connectivity index (χ0) is 40.5. The second-order valence-corrected chi connectivity index (χ2v) is 13.0. The van der Waals surface area contributed by atoms with E-state index in [4.69, 9.17) is 42.3 Å². The predicted molar refractivity (Wildman–Crippen MR) is 202 cm³/mol. The molecule has 0 saturated carbocycles. The summed E-state index contributed by atoms with van der Waals surface area (Å²) >= 11 is 0. The first-order valence-corrected chi connectivity index (χ1v) is 18.0. The molecule has 1 aliphatic rings. The van der Waals surface area contributed by atoms with E-state index in [1.165, 1.54) is 19.1 Å². The predicted octanol–water partition coefficient (Wildman–Crippen LogP) is 6.08. The van der Waals surface area contributed by atoms with Crippen LogP contribution in [0.25, 0.3) is 22.3 Å². The molecule has 14 nitrogen and oxygen atoms in total. The van der Waals surface area contributed by atoms with Crippen molar-refractivity contribution in [3.63, 3.8) is 0 Å². The summed E-state index contributed by atoms with van der Waals surface area (Å²) in [5.41, 5.74) is 1.75. The molecule has 0 N–H and O–H groups in total. The highest BCUT2D eigenvalue weighted by Crippen LogP contribution is 2.46. The van der Waals surface area contributed by atoms with Gasteiger partial charge in [-0.1, -0.05) is 91.0 Å². The lowest BCUT2D eigenvalue weighted by Gasteiger charge is -2.44. The van der Waals surface area contributed by atoms with Crippen LogP contribution >= 0.6 is 0 Å². The first-order chi connectivity index (χ1) is 27.5. The monoisotopic (exact) mass is 780 g/mol. The average Bonchev–Trinajstić information content (AvgIpc) is 3.18. The van der Waals surface area contributed by atoms with Crippen LogP contribution in [0.3, 0.4) is 0 Å². The third-order valence-electron chi connectivity index (χ3n) is 8.60. The minimum absolute atomic E-state index is 0.0000182. The fourth-order valence-electron chi connectivity index (χ4n) is 6.22. The highest BCUT2D eigenvalue weighted by atomic mass is 16.7. The fourth-order valence-corrected chi connectivity index (χ4v) is 6.22. The van der Waals surface area contributed by atoms with E-state index < -0.39 is 66.6 Å². The third-order valence-corrected chi connectivity index (χ3v) is 8.60. The van der Waals surface area contributed by atoms with Crippen LogP contribution in [0.1, 0.15) is 38.8 Å². The second kappa shape index (κ2) is 18.3. The van der Waals surface area contributed by atoms with Crippen molar-refractivity contribution in [2.45, 2.75) is 71.6 Å². The Kier molecular flexibility index (Phi) is 12.9. The molecule has 6 rings (SSSR count). The molecule has 4 aromatic carbocycles. The van der Waals surface area contributed by atoms with Crippen LogP contribution in [0, 0.1) is 0 Å². The van der Waals surface area contributed by atoms with Gasteiger partial charge in [0.15, 0.2) is 29.1 Å². The SMILES string of the molecule is CC(=O)OC[C@H]1O[C@@H](Oc2cc3oc(-c4ccccc4)cc(=O)c3c(OCc3ccccc3)c2OCc2ccccc2)[C@H](OC(C)=O)[C@@H](OC(C)=O)[C@H]1OC(C)=O. The Morgan fingerprint density at radius 1 is 0.614 bits per heavy atom. The van der Waals surface area contributed by atoms with Gasteiger partial charge in [-0.2, -0.15) is 0 Å². The number of carbonyl (C=O) groups is 4. The fraction of sp³-hybridized carbons (Fsp3) is 0.279. The zero-order valence-corrected chi connectivity index (χ0v) is 31.5. The van der Waals surface area contributed by atoms with Crippen LogP contribution in [0.15, 0.2) is 112 Å². The highest BCUT2D eigenvalue weighted by molar-refractivity contribution is 5.90. The van der Waals surface area contributed by atoms with Gasteiger partial charge in [-0.25, -0.2) is 0 Å². The molecular weight excluding hydrogens is 740 g/mol. The van der Waals surface area contributed by atoms with Crippen molar-refractivity contribution in [1.82, 2.24) is 0 Å². The molecule has 1 saturated heterocycles. The number of esters is 4. The topological polar surface area (TPSA) is 172 Å². The number of fused-ring (bicyclic) bond motifs is 1. The van der Waals surface area contributed by atoms with E-state index in [2.05, 4.69) is 0 Å². The van der Waals surface area contributed by atoms with Gasteiger partial charge >= 0.3 is 23.9 Å². The molecule has 0 unspecified atom stereocenters. The van der Waals surface area contributed by atoms with E-state index in [1.807, 2.05) is 66.7 Å². The lowest BCUT2D eigenvalue weighted by atomic mass is 9.98. The summed E-state index contributed by atoms with van der Waals surface area (Å²) in [6.45, 7) is 4.03. The first kappa shape index (κ1) is 40.0. The lowest BCUT2D eigenvalue weighted by molar-refractivity contribution is -0.288. The number of benzene rings is 4. The smallest absolute Gasteiger partial charge is 0.303 e. The van der Waals surface area contributed by atoms with Crippen molar-refractivity contribution < 1.29 is 61.5 Å². The quantitative estimate of drug-likeness (QED) is 0.0937. The summed E-state index contributed by atoms with van der Waals surface area (Å²) in [4.78, 5) is 63.5. The maximum Gasteiger partial charge on any atom is 0.303 e.